The first-order valence-corrected chi connectivity index (χ1v) is 5.92. The molecule has 0 atom stereocenters. The summed E-state index contributed by atoms with van der Waals surface area (Å²) in [7, 11) is 1.58. The van der Waals surface area contributed by atoms with E-state index in [0.717, 1.165) is 5.56 Å². The van der Waals surface area contributed by atoms with E-state index in [2.05, 4.69) is 5.32 Å². The van der Waals surface area contributed by atoms with Crippen LogP contribution in [-0.4, -0.2) is 13.0 Å². The van der Waals surface area contributed by atoms with E-state index < -0.39 is 0 Å². The molecule has 2 rings (SSSR count). The Kier molecular flexibility index (Phi) is 3.71. The van der Waals surface area contributed by atoms with Gasteiger partial charge in [0.15, 0.2) is 0 Å². The molecule has 19 heavy (non-hydrogen) atoms. The molecule has 0 unspecified atom stereocenters. The van der Waals surface area contributed by atoms with Gasteiger partial charge >= 0.3 is 0 Å². The van der Waals surface area contributed by atoms with Crippen molar-refractivity contribution in [1.82, 2.24) is 0 Å². The summed E-state index contributed by atoms with van der Waals surface area (Å²) in [6, 6.07) is 12.6. The fourth-order valence-corrected chi connectivity index (χ4v) is 1.90. The fourth-order valence-electron chi connectivity index (χ4n) is 1.90. The van der Waals surface area contributed by atoms with Gasteiger partial charge in [-0.2, -0.15) is 0 Å². The number of methoxy groups -OCH3 is 1. The van der Waals surface area contributed by atoms with Crippen molar-refractivity contribution in [2.24, 2.45) is 0 Å². The van der Waals surface area contributed by atoms with Gasteiger partial charge in [0.1, 0.15) is 5.75 Å². The van der Waals surface area contributed by atoms with Crippen LogP contribution in [0.2, 0.25) is 0 Å². The summed E-state index contributed by atoms with van der Waals surface area (Å²) in [6.07, 6.45) is 0. The van der Waals surface area contributed by atoms with Crippen LogP contribution in [0.4, 0.5) is 11.4 Å². The Bertz CT molecular complexity index is 589. The number of anilines is 2. The van der Waals surface area contributed by atoms with Gasteiger partial charge in [-0.25, -0.2) is 0 Å². The quantitative estimate of drug-likeness (QED) is 0.830. The summed E-state index contributed by atoms with van der Waals surface area (Å²) in [5.74, 6) is 0.472. The lowest BCUT2D eigenvalue weighted by Crippen LogP contribution is -2.15. The number of nitrogens with one attached hydrogen (secondary N) is 1. The molecule has 0 aliphatic heterocycles. The van der Waals surface area contributed by atoms with E-state index >= 15 is 0 Å². The average molecular weight is 256 g/mol. The summed E-state index contributed by atoms with van der Waals surface area (Å²) < 4.78 is 5.11. The molecule has 0 radical (unpaired) electrons. The van der Waals surface area contributed by atoms with Crippen molar-refractivity contribution in [1.29, 1.82) is 0 Å². The second-order valence-corrected chi connectivity index (χ2v) is 4.23. The first kappa shape index (κ1) is 13.0. The normalized spacial score (nSPS) is 10.0. The number of carbonyl (C=O) groups is 1. The fraction of sp³-hybridized carbons (Fsp3) is 0.133. The van der Waals surface area contributed by atoms with Gasteiger partial charge < -0.3 is 15.8 Å². The Balaban J connectivity index is 2.26. The third kappa shape index (κ3) is 2.85. The largest absolute Gasteiger partial charge is 0.497 e. The second kappa shape index (κ2) is 5.44. The van der Waals surface area contributed by atoms with Crippen molar-refractivity contribution in [3.63, 3.8) is 0 Å². The van der Waals surface area contributed by atoms with E-state index in [0.29, 0.717) is 22.7 Å². The number of nitrogens with two attached hydrogens (primary N) is 1. The molecule has 3 N–H and O–H groups in total. The molecule has 4 nitrogen and oxygen atoms in total. The minimum atomic E-state index is -0.219. The molecule has 0 spiro atoms. The minimum absolute atomic E-state index is 0.219. The first-order chi connectivity index (χ1) is 9.11. The topological polar surface area (TPSA) is 64.3 Å². The van der Waals surface area contributed by atoms with Crippen LogP contribution in [0.25, 0.3) is 0 Å². The number of carbonyl (C=O) groups excluding carboxylic acids is 1. The van der Waals surface area contributed by atoms with Crippen molar-refractivity contribution in [2.45, 2.75) is 6.92 Å². The van der Waals surface area contributed by atoms with Crippen molar-refractivity contribution >= 4 is 17.3 Å². The van der Waals surface area contributed by atoms with E-state index in [1.54, 1.807) is 25.3 Å². The maximum absolute atomic E-state index is 12.2. The molecule has 1 amide bonds. The highest BCUT2D eigenvalue weighted by Gasteiger charge is 2.12. The number of rotatable bonds is 3. The molecule has 2 aromatic carbocycles. The molecule has 0 saturated carbocycles. The minimum Gasteiger partial charge on any atom is -0.497 e. The Morgan fingerprint density at radius 1 is 1.21 bits per heavy atom. The lowest BCUT2D eigenvalue weighted by Gasteiger charge is -2.10. The maximum atomic E-state index is 12.2. The van der Waals surface area contributed by atoms with Crippen LogP contribution in [0.5, 0.6) is 5.75 Å². The molecule has 4 heteroatoms. The molecule has 0 aliphatic carbocycles. The lowest BCUT2D eigenvalue weighted by atomic mass is 10.1. The third-order valence-corrected chi connectivity index (χ3v) is 2.86. The molecular formula is C15H16N2O2. The predicted molar refractivity (Wildman–Crippen MR) is 76.5 cm³/mol. The number of aryl methyl sites for hydroxylation is 1. The van der Waals surface area contributed by atoms with Gasteiger partial charge in [0.05, 0.1) is 12.7 Å². The zero-order valence-corrected chi connectivity index (χ0v) is 10.9. The van der Waals surface area contributed by atoms with Crippen LogP contribution < -0.4 is 15.8 Å². The van der Waals surface area contributed by atoms with E-state index in [1.165, 1.54) is 0 Å². The monoisotopic (exact) mass is 256 g/mol. The van der Waals surface area contributed by atoms with Crippen molar-refractivity contribution < 1.29 is 9.53 Å². The van der Waals surface area contributed by atoms with Crippen LogP contribution in [-0.2, 0) is 0 Å². The van der Waals surface area contributed by atoms with Gasteiger partial charge in [-0.3, -0.25) is 4.79 Å². The molecule has 0 bridgehead atoms. The smallest absolute Gasteiger partial charge is 0.258 e. The number of hydrogen-bond acceptors (Lipinski definition) is 3. The predicted octanol–water partition coefficient (Wildman–Crippen LogP) is 2.84. The summed E-state index contributed by atoms with van der Waals surface area (Å²) in [4.78, 5) is 12.2. The highest BCUT2D eigenvalue weighted by molar-refractivity contribution is 6.08. The van der Waals surface area contributed by atoms with Crippen LogP contribution >= 0.6 is 0 Å². The molecule has 0 aliphatic rings. The summed E-state index contributed by atoms with van der Waals surface area (Å²) in [5.41, 5.74) is 8.34. The Labute approximate surface area is 112 Å². The third-order valence-electron chi connectivity index (χ3n) is 2.86. The lowest BCUT2D eigenvalue weighted by molar-refractivity contribution is 0.102. The summed E-state index contributed by atoms with van der Waals surface area (Å²) in [5, 5.41) is 2.82. The van der Waals surface area contributed by atoms with Gasteiger partial charge in [-0.1, -0.05) is 18.2 Å². The van der Waals surface area contributed by atoms with E-state index in [1.807, 2.05) is 31.2 Å². The number of benzene rings is 2. The maximum Gasteiger partial charge on any atom is 0.258 e. The summed E-state index contributed by atoms with van der Waals surface area (Å²) in [6.45, 7) is 1.86. The molecule has 98 valence electrons. The van der Waals surface area contributed by atoms with Gasteiger partial charge in [0.25, 0.3) is 5.91 Å². The molecule has 0 fully saturated rings. The number of nitrogen functional groups attached to an aromatic ring is 1. The van der Waals surface area contributed by atoms with Gasteiger partial charge in [0.2, 0.25) is 0 Å². The Morgan fingerprint density at radius 3 is 2.63 bits per heavy atom. The molecule has 0 aromatic heterocycles. The van der Waals surface area contributed by atoms with Crippen LogP contribution in [0.1, 0.15) is 15.9 Å². The van der Waals surface area contributed by atoms with E-state index in [9.17, 15) is 4.79 Å². The molecule has 2 aromatic rings. The summed E-state index contributed by atoms with van der Waals surface area (Å²) >= 11 is 0. The number of amides is 1. The van der Waals surface area contributed by atoms with Crippen molar-refractivity contribution in [3.05, 3.63) is 53.6 Å². The number of ether oxygens (including phenoxy) is 1. The second-order valence-electron chi connectivity index (χ2n) is 4.23. The standard InChI is InChI=1S/C15H16N2O2/c1-10-5-3-8-13(16)14(10)15(18)17-11-6-4-7-12(9-11)19-2/h3-9H,16H2,1-2H3,(H,17,18). The van der Waals surface area contributed by atoms with E-state index in [-0.39, 0.29) is 5.91 Å². The van der Waals surface area contributed by atoms with Gasteiger partial charge in [-0.15, -0.1) is 0 Å². The highest BCUT2D eigenvalue weighted by Crippen LogP contribution is 2.20. The highest BCUT2D eigenvalue weighted by atomic mass is 16.5. The SMILES string of the molecule is COc1cccc(NC(=O)c2c(C)cccc2N)c1. The Morgan fingerprint density at radius 2 is 1.95 bits per heavy atom. The zero-order chi connectivity index (χ0) is 13.8. The van der Waals surface area contributed by atoms with E-state index in [4.69, 9.17) is 10.5 Å². The Hall–Kier alpha value is -2.49. The molecule has 0 saturated heterocycles. The van der Waals surface area contributed by atoms with Crippen LogP contribution in [0, 0.1) is 6.92 Å². The molecular weight excluding hydrogens is 240 g/mol. The van der Waals surface area contributed by atoms with Gasteiger partial charge in [-0.05, 0) is 30.7 Å². The van der Waals surface area contributed by atoms with Crippen molar-refractivity contribution in [3.8, 4) is 5.75 Å². The van der Waals surface area contributed by atoms with Crippen LogP contribution in [0.15, 0.2) is 42.5 Å². The van der Waals surface area contributed by atoms with Gasteiger partial charge in [0, 0.05) is 17.4 Å². The number of hydrogen-bond donors (Lipinski definition) is 2. The first-order valence-electron chi connectivity index (χ1n) is 5.92. The molecule has 0 heterocycles. The van der Waals surface area contributed by atoms with Crippen LogP contribution in [0.3, 0.4) is 0 Å². The average Bonchev–Trinajstić information content (AvgIpc) is 2.38. The zero-order valence-electron chi connectivity index (χ0n) is 10.9. The van der Waals surface area contributed by atoms with Crippen molar-refractivity contribution in [2.75, 3.05) is 18.2 Å².